The lowest BCUT2D eigenvalue weighted by Crippen LogP contribution is -2.58. The van der Waals surface area contributed by atoms with Gasteiger partial charge >= 0.3 is 7.12 Å². The Hall–Kier alpha value is -4.09. The number of carbonyl (C=O) groups excluding carboxylic acids is 3. The Bertz CT molecular complexity index is 1200. The molecule has 0 fully saturated rings. The molecule has 3 atom stereocenters. The van der Waals surface area contributed by atoms with Gasteiger partial charge in [-0.3, -0.25) is 19.4 Å². The normalized spacial score (nSPS) is 13.2. The van der Waals surface area contributed by atoms with E-state index in [4.69, 9.17) is 0 Å². The lowest BCUT2D eigenvalue weighted by Gasteiger charge is -2.26. The molecule has 1 heterocycles. The summed E-state index contributed by atoms with van der Waals surface area (Å²) in [7, 11) is -1.76. The first-order valence-electron chi connectivity index (χ1n) is 12.8. The van der Waals surface area contributed by atoms with Gasteiger partial charge in [-0.1, -0.05) is 74.5 Å². The van der Waals surface area contributed by atoms with Crippen LogP contribution in [0.5, 0.6) is 0 Å². The zero-order valence-electron chi connectivity index (χ0n) is 22.0. The summed E-state index contributed by atoms with van der Waals surface area (Å²) in [6.45, 7) is 3.80. The Morgan fingerprint density at radius 1 is 0.795 bits per heavy atom. The monoisotopic (exact) mass is 531 g/mol. The van der Waals surface area contributed by atoms with Gasteiger partial charge in [-0.25, -0.2) is 4.98 Å². The Balaban J connectivity index is 1.84. The summed E-state index contributed by atoms with van der Waals surface area (Å²) in [4.78, 5) is 47.7. The fourth-order valence-corrected chi connectivity index (χ4v) is 4.09. The minimum absolute atomic E-state index is 0.0513. The van der Waals surface area contributed by atoms with Gasteiger partial charge in [0.2, 0.25) is 11.8 Å². The van der Waals surface area contributed by atoms with E-state index in [1.54, 1.807) is 0 Å². The van der Waals surface area contributed by atoms with Crippen molar-refractivity contribution in [2.75, 3.05) is 0 Å². The van der Waals surface area contributed by atoms with Crippen LogP contribution in [0.25, 0.3) is 0 Å². The highest BCUT2D eigenvalue weighted by atomic mass is 16.4. The maximum Gasteiger partial charge on any atom is 0.475 e. The second-order valence-electron chi connectivity index (χ2n) is 9.72. The van der Waals surface area contributed by atoms with E-state index >= 15 is 0 Å². The van der Waals surface area contributed by atoms with Gasteiger partial charge in [-0.15, -0.1) is 0 Å². The minimum atomic E-state index is -1.76. The van der Waals surface area contributed by atoms with Crippen LogP contribution < -0.4 is 16.0 Å². The molecule has 0 aliphatic heterocycles. The minimum Gasteiger partial charge on any atom is -0.426 e. The average molecular weight is 531 g/mol. The molecular formula is C28H34BN5O5. The smallest absolute Gasteiger partial charge is 0.426 e. The number of nitrogens with one attached hydrogen (secondary N) is 3. The van der Waals surface area contributed by atoms with E-state index in [0.29, 0.717) is 6.42 Å². The molecule has 10 nitrogen and oxygen atoms in total. The zero-order chi connectivity index (χ0) is 28.2. The summed E-state index contributed by atoms with van der Waals surface area (Å²) >= 11 is 0. The molecule has 0 bridgehead atoms. The van der Waals surface area contributed by atoms with Crippen LogP contribution in [-0.2, 0) is 22.4 Å². The van der Waals surface area contributed by atoms with Crippen molar-refractivity contribution in [1.82, 2.24) is 25.9 Å². The van der Waals surface area contributed by atoms with Crippen molar-refractivity contribution < 1.29 is 24.4 Å². The summed E-state index contributed by atoms with van der Waals surface area (Å²) in [5.41, 5.74) is 1.66. The number of carbonyl (C=O) groups is 3. The lowest BCUT2D eigenvalue weighted by molar-refractivity contribution is -0.130. The highest BCUT2D eigenvalue weighted by Crippen LogP contribution is 2.10. The van der Waals surface area contributed by atoms with E-state index < -0.39 is 42.9 Å². The number of nitrogens with zero attached hydrogens (tertiary/aromatic N) is 2. The largest absolute Gasteiger partial charge is 0.475 e. The fourth-order valence-electron chi connectivity index (χ4n) is 4.09. The van der Waals surface area contributed by atoms with Gasteiger partial charge in [-0.05, 0) is 23.5 Å². The number of hydrogen-bond acceptors (Lipinski definition) is 7. The molecule has 11 heteroatoms. The third-order valence-electron chi connectivity index (χ3n) is 6.03. The van der Waals surface area contributed by atoms with Gasteiger partial charge in [0, 0.05) is 25.2 Å². The van der Waals surface area contributed by atoms with Crippen LogP contribution in [-0.4, -0.2) is 62.9 Å². The number of amides is 3. The molecule has 3 aromatic rings. The van der Waals surface area contributed by atoms with Gasteiger partial charge in [-0.2, -0.15) is 0 Å². The second kappa shape index (κ2) is 14.7. The van der Waals surface area contributed by atoms with E-state index in [9.17, 15) is 24.4 Å². The molecule has 0 spiro atoms. The molecule has 1 aromatic heterocycles. The fraction of sp³-hybridized carbons (Fsp3) is 0.321. The second-order valence-corrected chi connectivity index (χ2v) is 9.72. The summed E-state index contributed by atoms with van der Waals surface area (Å²) in [5.74, 6) is -2.54. The Labute approximate surface area is 228 Å². The van der Waals surface area contributed by atoms with Crippen LogP contribution in [0.15, 0.2) is 79.3 Å². The molecule has 2 aromatic carbocycles. The van der Waals surface area contributed by atoms with Crippen LogP contribution in [0.4, 0.5) is 0 Å². The molecule has 0 unspecified atom stereocenters. The molecular weight excluding hydrogens is 497 g/mol. The molecule has 204 valence electrons. The molecule has 3 amide bonds. The van der Waals surface area contributed by atoms with Gasteiger partial charge in [0.1, 0.15) is 17.8 Å². The van der Waals surface area contributed by atoms with Crippen LogP contribution in [0.2, 0.25) is 0 Å². The zero-order valence-corrected chi connectivity index (χ0v) is 22.0. The first-order valence-corrected chi connectivity index (χ1v) is 12.8. The summed E-state index contributed by atoms with van der Waals surface area (Å²) in [6.07, 6.45) is 4.78. The van der Waals surface area contributed by atoms with E-state index in [0.717, 1.165) is 11.1 Å². The lowest BCUT2D eigenvalue weighted by atomic mass is 9.75. The first kappa shape index (κ1) is 29.5. The van der Waals surface area contributed by atoms with Crippen LogP contribution in [0.1, 0.15) is 41.9 Å². The van der Waals surface area contributed by atoms with Crippen molar-refractivity contribution >= 4 is 24.8 Å². The average Bonchev–Trinajstić information content (AvgIpc) is 2.93. The van der Waals surface area contributed by atoms with Gasteiger partial charge in [0.15, 0.2) is 0 Å². The van der Waals surface area contributed by atoms with E-state index in [2.05, 4.69) is 25.9 Å². The predicted octanol–water partition coefficient (Wildman–Crippen LogP) is 1.09. The molecule has 0 saturated heterocycles. The highest BCUT2D eigenvalue weighted by Gasteiger charge is 2.32. The molecule has 0 aliphatic rings. The van der Waals surface area contributed by atoms with Crippen LogP contribution in [0.3, 0.4) is 0 Å². The molecule has 0 radical (unpaired) electrons. The van der Waals surface area contributed by atoms with Crippen molar-refractivity contribution in [1.29, 1.82) is 0 Å². The maximum atomic E-state index is 13.6. The standard InChI is InChI=1S/C28H34BN5O5/c1-19(2)15-25(29(38)39)34-27(36)23(17-21-11-7-4-8-12-21)32-26(35)22(16-20-9-5-3-6-10-20)33-28(37)24-18-30-13-14-31-24/h3-14,18-19,22-23,25,38-39H,15-17H2,1-2H3,(H,32,35)(H,33,37)(H,34,36)/t22-,23-,25-/m0/s1. The number of benzene rings is 2. The number of hydrogen-bond donors (Lipinski definition) is 5. The molecule has 3 rings (SSSR count). The SMILES string of the molecule is CC(C)C[C@H](NC(=O)[C@H](Cc1ccccc1)NC(=O)[C@H](Cc1ccccc1)NC(=O)c1cnccn1)B(O)O. The Morgan fingerprint density at radius 2 is 1.33 bits per heavy atom. The van der Waals surface area contributed by atoms with Gasteiger partial charge < -0.3 is 26.0 Å². The summed E-state index contributed by atoms with van der Waals surface area (Å²) in [5, 5.41) is 27.8. The number of rotatable bonds is 13. The topological polar surface area (TPSA) is 154 Å². The Morgan fingerprint density at radius 3 is 1.82 bits per heavy atom. The first-order chi connectivity index (χ1) is 18.7. The number of aromatic nitrogens is 2. The predicted molar refractivity (Wildman–Crippen MR) is 147 cm³/mol. The van der Waals surface area contributed by atoms with Gasteiger partial charge in [0.25, 0.3) is 5.91 Å². The van der Waals surface area contributed by atoms with E-state index in [1.807, 2.05) is 74.5 Å². The molecule has 39 heavy (non-hydrogen) atoms. The van der Waals surface area contributed by atoms with E-state index in [-0.39, 0.29) is 24.5 Å². The van der Waals surface area contributed by atoms with E-state index in [1.165, 1.54) is 18.6 Å². The third kappa shape index (κ3) is 9.62. The third-order valence-corrected chi connectivity index (χ3v) is 6.03. The summed E-state index contributed by atoms with van der Waals surface area (Å²) < 4.78 is 0. The van der Waals surface area contributed by atoms with Crippen molar-refractivity contribution in [3.05, 3.63) is 96.1 Å². The molecule has 5 N–H and O–H groups in total. The van der Waals surface area contributed by atoms with Crippen LogP contribution >= 0.6 is 0 Å². The Kier molecular flexibility index (Phi) is 11.1. The molecule has 0 aliphatic carbocycles. The van der Waals surface area contributed by atoms with Crippen molar-refractivity contribution in [3.8, 4) is 0 Å². The summed E-state index contributed by atoms with van der Waals surface area (Å²) in [6, 6.07) is 16.3. The van der Waals surface area contributed by atoms with Crippen molar-refractivity contribution in [2.45, 2.75) is 51.1 Å². The maximum absolute atomic E-state index is 13.6. The quantitative estimate of drug-likeness (QED) is 0.207. The molecule has 0 saturated carbocycles. The van der Waals surface area contributed by atoms with Crippen molar-refractivity contribution in [3.63, 3.8) is 0 Å². The van der Waals surface area contributed by atoms with Crippen molar-refractivity contribution in [2.24, 2.45) is 5.92 Å². The van der Waals surface area contributed by atoms with Gasteiger partial charge in [0.05, 0.1) is 12.1 Å². The van der Waals surface area contributed by atoms with Crippen LogP contribution in [0, 0.1) is 5.92 Å². The highest BCUT2D eigenvalue weighted by molar-refractivity contribution is 6.43.